The van der Waals surface area contributed by atoms with Gasteiger partial charge in [-0.15, -0.1) is 0 Å². The highest BCUT2D eigenvalue weighted by atomic mass is 16.6. The number of rotatable bonds is 8. The molecule has 0 saturated carbocycles. The number of nitro groups is 1. The fraction of sp³-hybridized carbons (Fsp3) is 0.263. The second-order valence-corrected chi connectivity index (χ2v) is 5.82. The number of nitrogens with one attached hydrogen (secondary N) is 1. The lowest BCUT2D eigenvalue weighted by atomic mass is 10.1. The molecule has 0 aliphatic heterocycles. The molecule has 0 fully saturated rings. The van der Waals surface area contributed by atoms with Gasteiger partial charge in [-0.25, -0.2) is 4.79 Å². The smallest absolute Gasteiger partial charge is 0.328 e. The summed E-state index contributed by atoms with van der Waals surface area (Å²) in [5.41, 5.74) is 0.401. The van der Waals surface area contributed by atoms with Crippen LogP contribution in [0.1, 0.15) is 25.5 Å². The van der Waals surface area contributed by atoms with E-state index in [9.17, 15) is 19.7 Å². The van der Waals surface area contributed by atoms with Crippen molar-refractivity contribution in [2.24, 2.45) is 0 Å². The van der Waals surface area contributed by atoms with E-state index in [0.29, 0.717) is 11.3 Å². The van der Waals surface area contributed by atoms with Crippen LogP contribution in [0.15, 0.2) is 54.6 Å². The van der Waals surface area contributed by atoms with Crippen LogP contribution < -0.4 is 10.1 Å². The number of amides is 1. The molecule has 0 radical (unpaired) electrons. The van der Waals surface area contributed by atoms with Gasteiger partial charge in [0.15, 0.2) is 6.61 Å². The van der Waals surface area contributed by atoms with E-state index in [4.69, 9.17) is 9.47 Å². The van der Waals surface area contributed by atoms with E-state index in [0.717, 1.165) is 0 Å². The lowest BCUT2D eigenvalue weighted by molar-refractivity contribution is -0.385. The van der Waals surface area contributed by atoms with Crippen molar-refractivity contribution in [1.29, 1.82) is 0 Å². The third-order valence-corrected chi connectivity index (χ3v) is 3.69. The third kappa shape index (κ3) is 6.10. The van der Waals surface area contributed by atoms with E-state index >= 15 is 0 Å². The zero-order chi connectivity index (χ0) is 19.8. The third-order valence-electron chi connectivity index (χ3n) is 3.69. The van der Waals surface area contributed by atoms with Crippen LogP contribution in [0, 0.1) is 10.1 Å². The Kier molecular flexibility index (Phi) is 6.87. The first-order chi connectivity index (χ1) is 12.9. The minimum absolute atomic E-state index is 0.0881. The first kappa shape index (κ1) is 19.9. The monoisotopic (exact) mass is 372 g/mol. The SMILES string of the molecule is C[C@H](NC(=O)COc1ccccc1)C(=O)O[C@H](C)c1cccc([N+](=O)[O-])c1. The average molecular weight is 372 g/mol. The number of non-ortho nitro benzene ring substituents is 1. The summed E-state index contributed by atoms with van der Waals surface area (Å²) < 4.78 is 10.6. The number of benzene rings is 2. The van der Waals surface area contributed by atoms with Crippen molar-refractivity contribution in [3.05, 3.63) is 70.3 Å². The van der Waals surface area contributed by atoms with Gasteiger partial charge in [-0.2, -0.15) is 0 Å². The van der Waals surface area contributed by atoms with Crippen LogP contribution in [0.4, 0.5) is 5.69 Å². The quantitative estimate of drug-likeness (QED) is 0.434. The Labute approximate surface area is 156 Å². The molecular formula is C19H20N2O6. The van der Waals surface area contributed by atoms with Crippen molar-refractivity contribution >= 4 is 17.6 Å². The predicted octanol–water partition coefficient (Wildman–Crippen LogP) is 2.78. The predicted molar refractivity (Wildman–Crippen MR) is 97.1 cm³/mol. The molecule has 8 nitrogen and oxygen atoms in total. The molecule has 2 aromatic rings. The normalized spacial score (nSPS) is 12.5. The molecule has 0 saturated heterocycles. The van der Waals surface area contributed by atoms with Gasteiger partial charge < -0.3 is 14.8 Å². The van der Waals surface area contributed by atoms with E-state index < -0.39 is 28.9 Å². The summed E-state index contributed by atoms with van der Waals surface area (Å²) in [6.45, 7) is 2.86. The Bertz CT molecular complexity index is 809. The maximum Gasteiger partial charge on any atom is 0.328 e. The molecule has 8 heteroatoms. The van der Waals surface area contributed by atoms with E-state index in [2.05, 4.69) is 5.32 Å². The van der Waals surface area contributed by atoms with Crippen LogP contribution >= 0.6 is 0 Å². The van der Waals surface area contributed by atoms with Crippen LogP contribution in [0.3, 0.4) is 0 Å². The highest BCUT2D eigenvalue weighted by Crippen LogP contribution is 2.22. The fourth-order valence-corrected chi connectivity index (χ4v) is 2.24. The highest BCUT2D eigenvalue weighted by Gasteiger charge is 2.21. The Balaban J connectivity index is 1.84. The molecule has 142 valence electrons. The summed E-state index contributed by atoms with van der Waals surface area (Å²) >= 11 is 0. The van der Waals surface area contributed by atoms with E-state index in [-0.39, 0.29) is 12.3 Å². The van der Waals surface area contributed by atoms with E-state index in [1.807, 2.05) is 6.07 Å². The van der Waals surface area contributed by atoms with Gasteiger partial charge in [0.2, 0.25) is 0 Å². The summed E-state index contributed by atoms with van der Waals surface area (Å²) in [6, 6.07) is 13.8. The maximum absolute atomic E-state index is 12.1. The summed E-state index contributed by atoms with van der Waals surface area (Å²) in [6.07, 6.45) is -0.697. The number of carbonyl (C=O) groups excluding carboxylic acids is 2. The van der Waals surface area contributed by atoms with Crippen LogP contribution in [0.5, 0.6) is 5.75 Å². The molecule has 0 unspecified atom stereocenters. The van der Waals surface area contributed by atoms with Crippen molar-refractivity contribution in [2.75, 3.05) is 6.61 Å². The second kappa shape index (κ2) is 9.33. The van der Waals surface area contributed by atoms with Crippen LogP contribution in [0.2, 0.25) is 0 Å². The first-order valence-electron chi connectivity index (χ1n) is 8.29. The largest absolute Gasteiger partial charge is 0.484 e. The summed E-state index contributed by atoms with van der Waals surface area (Å²) in [4.78, 5) is 34.3. The van der Waals surface area contributed by atoms with Gasteiger partial charge in [0.25, 0.3) is 11.6 Å². The summed E-state index contributed by atoms with van der Waals surface area (Å²) in [5, 5.41) is 13.3. The minimum atomic E-state index is -0.891. The lowest BCUT2D eigenvalue weighted by Gasteiger charge is -2.18. The van der Waals surface area contributed by atoms with E-state index in [1.54, 1.807) is 37.3 Å². The fourth-order valence-electron chi connectivity index (χ4n) is 2.24. The van der Waals surface area contributed by atoms with Crippen molar-refractivity contribution in [1.82, 2.24) is 5.32 Å². The zero-order valence-corrected chi connectivity index (χ0v) is 15.0. The van der Waals surface area contributed by atoms with Gasteiger partial charge in [-0.1, -0.05) is 30.3 Å². The molecule has 2 atom stereocenters. The topological polar surface area (TPSA) is 108 Å². The standard InChI is InChI=1S/C19H20N2O6/c1-13(20-18(22)12-26-17-9-4-3-5-10-17)19(23)27-14(2)15-7-6-8-16(11-15)21(24)25/h3-11,13-14H,12H2,1-2H3,(H,20,22)/t13-,14+/m0/s1. The van der Waals surface area contributed by atoms with Crippen LogP contribution in [0.25, 0.3) is 0 Å². The molecule has 0 spiro atoms. The number of carbonyl (C=O) groups is 2. The molecule has 0 bridgehead atoms. The Morgan fingerprint density at radius 3 is 2.48 bits per heavy atom. The van der Waals surface area contributed by atoms with Gasteiger partial charge in [0, 0.05) is 12.1 Å². The van der Waals surface area contributed by atoms with Gasteiger partial charge >= 0.3 is 5.97 Å². The highest BCUT2D eigenvalue weighted by molar-refractivity contribution is 5.85. The molecule has 0 aliphatic rings. The molecule has 2 rings (SSSR count). The summed E-state index contributed by atoms with van der Waals surface area (Å²) in [7, 11) is 0. The second-order valence-electron chi connectivity index (χ2n) is 5.82. The zero-order valence-electron chi connectivity index (χ0n) is 15.0. The number of para-hydroxylation sites is 1. The van der Waals surface area contributed by atoms with Gasteiger partial charge in [0.05, 0.1) is 4.92 Å². The van der Waals surface area contributed by atoms with Crippen molar-refractivity contribution in [3.8, 4) is 5.75 Å². The van der Waals surface area contributed by atoms with Crippen LogP contribution in [-0.2, 0) is 14.3 Å². The van der Waals surface area contributed by atoms with E-state index in [1.165, 1.54) is 25.1 Å². The maximum atomic E-state index is 12.1. The number of nitro benzene ring substituents is 1. The first-order valence-corrected chi connectivity index (χ1v) is 8.29. The van der Waals surface area contributed by atoms with Gasteiger partial charge in [-0.05, 0) is 31.5 Å². The summed E-state index contributed by atoms with van der Waals surface area (Å²) in [5.74, 6) is -0.574. The molecule has 0 aromatic heterocycles. The van der Waals surface area contributed by atoms with Crippen molar-refractivity contribution in [3.63, 3.8) is 0 Å². The van der Waals surface area contributed by atoms with Crippen molar-refractivity contribution in [2.45, 2.75) is 26.0 Å². The van der Waals surface area contributed by atoms with Crippen molar-refractivity contribution < 1.29 is 24.0 Å². The van der Waals surface area contributed by atoms with Crippen LogP contribution in [-0.4, -0.2) is 29.4 Å². The number of hydrogen-bond acceptors (Lipinski definition) is 6. The molecule has 2 aromatic carbocycles. The number of nitrogens with zero attached hydrogens (tertiary/aromatic N) is 1. The molecule has 1 amide bonds. The molecular weight excluding hydrogens is 352 g/mol. The lowest BCUT2D eigenvalue weighted by Crippen LogP contribution is -2.42. The Morgan fingerprint density at radius 2 is 1.81 bits per heavy atom. The van der Waals surface area contributed by atoms with Gasteiger partial charge in [-0.3, -0.25) is 14.9 Å². The molecule has 0 aliphatic carbocycles. The molecule has 27 heavy (non-hydrogen) atoms. The average Bonchev–Trinajstić information content (AvgIpc) is 2.67. The number of esters is 1. The Hall–Kier alpha value is -3.42. The molecule has 0 heterocycles. The minimum Gasteiger partial charge on any atom is -0.484 e. The number of ether oxygens (including phenoxy) is 2. The Morgan fingerprint density at radius 1 is 1.11 bits per heavy atom. The number of hydrogen-bond donors (Lipinski definition) is 1. The molecule has 1 N–H and O–H groups in total. The van der Waals surface area contributed by atoms with Gasteiger partial charge in [0.1, 0.15) is 17.9 Å².